The molecule has 0 fully saturated rings. The highest BCUT2D eigenvalue weighted by Gasteiger charge is 2.12. The summed E-state index contributed by atoms with van der Waals surface area (Å²) in [5.41, 5.74) is 6.72. The number of nitrogens with two attached hydrogens (primary N) is 1. The summed E-state index contributed by atoms with van der Waals surface area (Å²) < 4.78 is 13.5. The van der Waals surface area contributed by atoms with Crippen LogP contribution in [0.25, 0.3) is 0 Å². The van der Waals surface area contributed by atoms with E-state index in [4.69, 9.17) is 11.1 Å². The Morgan fingerprint density at radius 1 is 1.39 bits per heavy atom. The zero-order chi connectivity index (χ0) is 13.7. The first-order chi connectivity index (χ1) is 8.47. The van der Waals surface area contributed by atoms with Gasteiger partial charge in [0.1, 0.15) is 11.7 Å². The van der Waals surface area contributed by atoms with Crippen LogP contribution >= 0.6 is 0 Å². The molecule has 0 bridgehead atoms. The van der Waals surface area contributed by atoms with Crippen molar-refractivity contribution in [3.05, 3.63) is 35.1 Å². The molecule has 100 valence electrons. The molecular formula is C14H22FN3. The van der Waals surface area contributed by atoms with Gasteiger partial charge in [0, 0.05) is 18.2 Å². The van der Waals surface area contributed by atoms with E-state index < -0.39 is 0 Å². The average Bonchev–Trinajstić information content (AvgIpc) is 2.34. The number of hydrogen-bond donors (Lipinski definition) is 2. The summed E-state index contributed by atoms with van der Waals surface area (Å²) in [6.45, 7) is 8.00. The number of nitrogens with one attached hydrogen (secondary N) is 1. The lowest BCUT2D eigenvalue weighted by atomic mass is 10.1. The van der Waals surface area contributed by atoms with E-state index in [9.17, 15) is 4.39 Å². The van der Waals surface area contributed by atoms with E-state index >= 15 is 0 Å². The van der Waals surface area contributed by atoms with Gasteiger partial charge in [0.05, 0.1) is 0 Å². The standard InChI is InChI=1S/C14H22FN3/c1-4-10(3)18(5-2)9-11-6-12(14(16)17)8-13(15)7-11/h6-8,10H,4-5,9H2,1-3H3,(H3,16,17). The van der Waals surface area contributed by atoms with Gasteiger partial charge in [0.2, 0.25) is 0 Å². The normalized spacial score (nSPS) is 12.7. The molecule has 3 nitrogen and oxygen atoms in total. The third-order valence-corrected chi connectivity index (χ3v) is 3.27. The Kier molecular flexibility index (Phi) is 5.28. The number of benzene rings is 1. The lowest BCUT2D eigenvalue weighted by molar-refractivity contribution is 0.206. The monoisotopic (exact) mass is 251 g/mol. The summed E-state index contributed by atoms with van der Waals surface area (Å²) in [5.74, 6) is -0.430. The highest BCUT2D eigenvalue weighted by molar-refractivity contribution is 5.95. The summed E-state index contributed by atoms with van der Waals surface area (Å²) >= 11 is 0. The van der Waals surface area contributed by atoms with Crippen molar-refractivity contribution in [3.63, 3.8) is 0 Å². The maximum absolute atomic E-state index is 13.5. The van der Waals surface area contributed by atoms with E-state index in [1.807, 2.05) is 0 Å². The second kappa shape index (κ2) is 6.50. The smallest absolute Gasteiger partial charge is 0.124 e. The van der Waals surface area contributed by atoms with Gasteiger partial charge >= 0.3 is 0 Å². The summed E-state index contributed by atoms with van der Waals surface area (Å²) in [5, 5.41) is 7.37. The molecule has 1 unspecified atom stereocenters. The molecule has 0 saturated carbocycles. The molecule has 1 atom stereocenters. The van der Waals surface area contributed by atoms with Gasteiger partial charge in [0.15, 0.2) is 0 Å². The molecule has 1 aromatic carbocycles. The van der Waals surface area contributed by atoms with Crippen LogP contribution in [0.3, 0.4) is 0 Å². The lowest BCUT2D eigenvalue weighted by Crippen LogP contribution is -2.32. The Morgan fingerprint density at radius 2 is 2.06 bits per heavy atom. The predicted molar refractivity (Wildman–Crippen MR) is 73.3 cm³/mol. The largest absolute Gasteiger partial charge is 0.384 e. The van der Waals surface area contributed by atoms with Crippen molar-refractivity contribution in [2.24, 2.45) is 5.73 Å². The maximum Gasteiger partial charge on any atom is 0.124 e. The Hall–Kier alpha value is -1.42. The Labute approximate surface area is 108 Å². The molecule has 4 heteroatoms. The first-order valence-corrected chi connectivity index (χ1v) is 6.35. The zero-order valence-corrected chi connectivity index (χ0v) is 11.3. The van der Waals surface area contributed by atoms with E-state index in [0.717, 1.165) is 18.5 Å². The molecule has 0 spiro atoms. The van der Waals surface area contributed by atoms with Crippen LogP contribution in [0.5, 0.6) is 0 Å². The molecule has 0 saturated heterocycles. The molecule has 0 aliphatic heterocycles. The molecule has 0 radical (unpaired) electrons. The fraction of sp³-hybridized carbons (Fsp3) is 0.500. The van der Waals surface area contributed by atoms with Crippen LogP contribution in [-0.2, 0) is 6.54 Å². The number of rotatable bonds is 6. The number of nitrogens with zero attached hydrogens (tertiary/aromatic N) is 1. The van der Waals surface area contributed by atoms with E-state index in [-0.39, 0.29) is 11.7 Å². The Bertz CT molecular complexity index is 418. The van der Waals surface area contributed by atoms with Gasteiger partial charge in [-0.1, -0.05) is 13.8 Å². The number of halogens is 1. The van der Waals surface area contributed by atoms with Gasteiger partial charge < -0.3 is 5.73 Å². The first kappa shape index (κ1) is 14.6. The molecule has 18 heavy (non-hydrogen) atoms. The molecule has 0 aliphatic rings. The van der Waals surface area contributed by atoms with Crippen LogP contribution in [0, 0.1) is 11.2 Å². The van der Waals surface area contributed by atoms with Crippen molar-refractivity contribution < 1.29 is 4.39 Å². The Balaban J connectivity index is 2.92. The second-order valence-corrected chi connectivity index (χ2v) is 4.58. The first-order valence-electron chi connectivity index (χ1n) is 6.35. The molecule has 0 aliphatic carbocycles. The maximum atomic E-state index is 13.5. The van der Waals surface area contributed by atoms with Crippen molar-refractivity contribution in [1.82, 2.24) is 4.90 Å². The molecule has 3 N–H and O–H groups in total. The fourth-order valence-electron chi connectivity index (χ4n) is 1.97. The van der Waals surface area contributed by atoms with E-state index in [1.54, 1.807) is 6.07 Å². The predicted octanol–water partition coefficient (Wildman–Crippen LogP) is 2.73. The third kappa shape index (κ3) is 3.81. The SMILES string of the molecule is CCC(C)N(CC)Cc1cc(F)cc(C(=N)N)c1. The van der Waals surface area contributed by atoms with E-state index in [2.05, 4.69) is 25.7 Å². The molecule has 1 aromatic rings. The van der Waals surface area contributed by atoms with Crippen LogP contribution in [0.4, 0.5) is 4.39 Å². The summed E-state index contributed by atoms with van der Waals surface area (Å²) in [7, 11) is 0. The van der Waals surface area contributed by atoms with Gasteiger partial charge in [-0.3, -0.25) is 10.3 Å². The number of nitrogen functional groups attached to an aromatic ring is 1. The van der Waals surface area contributed by atoms with Gasteiger partial charge in [-0.2, -0.15) is 0 Å². The molecular weight excluding hydrogens is 229 g/mol. The van der Waals surface area contributed by atoms with E-state index in [1.165, 1.54) is 12.1 Å². The van der Waals surface area contributed by atoms with Crippen LogP contribution in [0.15, 0.2) is 18.2 Å². The lowest BCUT2D eigenvalue weighted by Gasteiger charge is -2.27. The summed E-state index contributed by atoms with van der Waals surface area (Å²) in [4.78, 5) is 2.28. The van der Waals surface area contributed by atoms with E-state index in [0.29, 0.717) is 18.2 Å². The second-order valence-electron chi connectivity index (χ2n) is 4.58. The van der Waals surface area contributed by atoms with Crippen LogP contribution in [-0.4, -0.2) is 23.3 Å². The van der Waals surface area contributed by atoms with Crippen molar-refractivity contribution in [1.29, 1.82) is 5.41 Å². The minimum absolute atomic E-state index is 0.0951. The van der Waals surface area contributed by atoms with Crippen molar-refractivity contribution >= 4 is 5.84 Å². The molecule has 0 heterocycles. The Morgan fingerprint density at radius 3 is 2.56 bits per heavy atom. The average molecular weight is 251 g/mol. The van der Waals surface area contributed by atoms with Gasteiger partial charge in [-0.15, -0.1) is 0 Å². The minimum atomic E-state index is -0.335. The van der Waals surface area contributed by atoms with Crippen LogP contribution < -0.4 is 5.73 Å². The summed E-state index contributed by atoms with van der Waals surface area (Å²) in [6, 6.07) is 5.05. The molecule has 1 rings (SSSR count). The molecule has 0 aromatic heterocycles. The van der Waals surface area contributed by atoms with Crippen LogP contribution in [0.1, 0.15) is 38.3 Å². The minimum Gasteiger partial charge on any atom is -0.384 e. The van der Waals surface area contributed by atoms with Crippen molar-refractivity contribution in [2.75, 3.05) is 6.54 Å². The quantitative estimate of drug-likeness (QED) is 0.603. The van der Waals surface area contributed by atoms with Gasteiger partial charge in [-0.05, 0) is 43.7 Å². The molecule has 0 amide bonds. The fourth-order valence-corrected chi connectivity index (χ4v) is 1.97. The highest BCUT2D eigenvalue weighted by Crippen LogP contribution is 2.14. The van der Waals surface area contributed by atoms with Crippen LogP contribution in [0.2, 0.25) is 0 Å². The number of amidine groups is 1. The highest BCUT2D eigenvalue weighted by atomic mass is 19.1. The van der Waals surface area contributed by atoms with Gasteiger partial charge in [0.25, 0.3) is 0 Å². The summed E-state index contributed by atoms with van der Waals surface area (Å²) in [6.07, 6.45) is 1.06. The third-order valence-electron chi connectivity index (χ3n) is 3.27. The van der Waals surface area contributed by atoms with Crippen molar-refractivity contribution in [3.8, 4) is 0 Å². The zero-order valence-electron chi connectivity index (χ0n) is 11.3. The number of hydrogen-bond acceptors (Lipinski definition) is 2. The topological polar surface area (TPSA) is 53.1 Å². The van der Waals surface area contributed by atoms with Gasteiger partial charge in [-0.25, -0.2) is 4.39 Å². The van der Waals surface area contributed by atoms with Crippen molar-refractivity contribution in [2.45, 2.75) is 39.8 Å².